The third-order valence-electron chi connectivity index (χ3n) is 6.17. The fraction of sp³-hybridized carbons (Fsp3) is 0.476. The highest BCUT2D eigenvalue weighted by Gasteiger charge is 2.62. The zero-order chi connectivity index (χ0) is 22.5. The molecule has 3 aromatic rings. The van der Waals surface area contributed by atoms with Crippen molar-refractivity contribution in [1.82, 2.24) is 29.9 Å². The molecular formula is C21H24ClN7O3. The topological polar surface area (TPSA) is 111 Å². The van der Waals surface area contributed by atoms with Crippen molar-refractivity contribution in [2.45, 2.75) is 44.4 Å². The molecule has 2 amide bonds. The minimum absolute atomic E-state index is 0.126. The standard InChI is InChI=1S/C21H24ClN7O3/c1-12-6-14-9-21(8-12,19-26-25-17(32-19)10-31-3)29(14)20(30)24-13-4-5-16(22)15(7-13)18-23-11-28(2)27-18/h4-5,7,11-12,14H,6,8-10H2,1-3H3,(H,24,30)/t12-,14-,21+/m1/s1. The van der Waals surface area contributed by atoms with Crippen molar-refractivity contribution in [3.8, 4) is 11.4 Å². The summed E-state index contributed by atoms with van der Waals surface area (Å²) in [6.07, 6.45) is 4.13. The van der Waals surface area contributed by atoms with E-state index in [0.717, 1.165) is 19.3 Å². The number of carbonyl (C=O) groups excluding carboxylic acids is 1. The number of urea groups is 1. The SMILES string of the molecule is COCc1nnc([C@]23C[C@H](C)C[C@H](C2)N3C(=O)Nc2ccc(Cl)c(-c3ncn(C)n3)c2)o1. The molecule has 3 heterocycles. The number of rotatable bonds is 5. The summed E-state index contributed by atoms with van der Waals surface area (Å²) in [6.45, 7) is 2.43. The van der Waals surface area contributed by atoms with Crippen LogP contribution < -0.4 is 5.32 Å². The fourth-order valence-electron chi connectivity index (χ4n) is 4.99. The Labute approximate surface area is 189 Å². The van der Waals surface area contributed by atoms with Gasteiger partial charge in [-0.1, -0.05) is 18.5 Å². The van der Waals surface area contributed by atoms with Gasteiger partial charge in [-0.15, -0.1) is 10.2 Å². The van der Waals surface area contributed by atoms with Gasteiger partial charge in [-0.2, -0.15) is 5.10 Å². The number of piperidine rings is 1. The maximum absolute atomic E-state index is 13.4. The molecule has 1 aromatic carbocycles. The summed E-state index contributed by atoms with van der Waals surface area (Å²) in [4.78, 5) is 19.5. The van der Waals surface area contributed by atoms with E-state index in [1.54, 1.807) is 43.4 Å². The van der Waals surface area contributed by atoms with Gasteiger partial charge in [-0.05, 0) is 37.0 Å². The molecule has 1 aliphatic heterocycles. The van der Waals surface area contributed by atoms with Crippen LogP contribution in [0.1, 0.15) is 38.0 Å². The monoisotopic (exact) mass is 457 g/mol. The van der Waals surface area contributed by atoms with Gasteiger partial charge < -0.3 is 19.4 Å². The van der Waals surface area contributed by atoms with Crippen LogP contribution in [0.4, 0.5) is 10.5 Å². The van der Waals surface area contributed by atoms with Crippen LogP contribution in [0.25, 0.3) is 11.4 Å². The number of likely N-dealkylation sites (tertiary alicyclic amines) is 1. The number of benzene rings is 1. The van der Waals surface area contributed by atoms with Crippen molar-refractivity contribution in [2.24, 2.45) is 13.0 Å². The summed E-state index contributed by atoms with van der Waals surface area (Å²) < 4.78 is 12.6. The molecule has 1 saturated heterocycles. The number of aromatic nitrogens is 5. The quantitative estimate of drug-likeness (QED) is 0.623. The van der Waals surface area contributed by atoms with Crippen molar-refractivity contribution in [1.29, 1.82) is 0 Å². The Balaban J connectivity index is 1.41. The third-order valence-corrected chi connectivity index (χ3v) is 6.50. The summed E-state index contributed by atoms with van der Waals surface area (Å²) in [6, 6.07) is 5.19. The molecule has 2 bridgehead atoms. The predicted octanol–water partition coefficient (Wildman–Crippen LogP) is 3.60. The van der Waals surface area contributed by atoms with Gasteiger partial charge in [-0.25, -0.2) is 9.78 Å². The molecule has 0 unspecified atom stereocenters. The molecule has 2 fully saturated rings. The lowest BCUT2D eigenvalue weighted by molar-refractivity contribution is -0.110. The molecule has 0 spiro atoms. The zero-order valence-electron chi connectivity index (χ0n) is 18.1. The second-order valence-corrected chi connectivity index (χ2v) is 9.01. The molecule has 2 aliphatic rings. The maximum Gasteiger partial charge on any atom is 0.323 e. The molecule has 0 radical (unpaired) electrons. The van der Waals surface area contributed by atoms with E-state index < -0.39 is 5.54 Å². The minimum Gasteiger partial charge on any atom is -0.420 e. The van der Waals surface area contributed by atoms with Gasteiger partial charge in [0, 0.05) is 37.9 Å². The van der Waals surface area contributed by atoms with Crippen molar-refractivity contribution in [3.05, 3.63) is 41.3 Å². The van der Waals surface area contributed by atoms with Gasteiger partial charge >= 0.3 is 6.03 Å². The average molecular weight is 458 g/mol. The maximum atomic E-state index is 13.4. The average Bonchev–Trinajstić information content (AvgIpc) is 3.38. The van der Waals surface area contributed by atoms with E-state index in [1.807, 2.05) is 4.90 Å². The molecule has 168 valence electrons. The Morgan fingerprint density at radius 1 is 1.38 bits per heavy atom. The van der Waals surface area contributed by atoms with E-state index in [2.05, 4.69) is 32.5 Å². The Kier molecular flexibility index (Phi) is 5.13. The number of anilines is 1. The number of aryl methyl sites for hydroxylation is 1. The van der Waals surface area contributed by atoms with Crippen molar-refractivity contribution < 1.29 is 13.9 Å². The number of ether oxygens (including phenoxy) is 1. The summed E-state index contributed by atoms with van der Waals surface area (Å²) in [5.41, 5.74) is 0.669. The number of hydrogen-bond donors (Lipinski definition) is 1. The number of halogens is 1. The van der Waals surface area contributed by atoms with Crippen LogP contribution in [0.5, 0.6) is 0 Å². The molecule has 10 nitrogen and oxygen atoms in total. The second-order valence-electron chi connectivity index (χ2n) is 8.61. The first-order valence-electron chi connectivity index (χ1n) is 10.5. The molecule has 11 heteroatoms. The Morgan fingerprint density at radius 2 is 2.22 bits per heavy atom. The van der Waals surface area contributed by atoms with E-state index in [9.17, 15) is 4.79 Å². The lowest BCUT2D eigenvalue weighted by Gasteiger charge is -2.61. The van der Waals surface area contributed by atoms with Crippen molar-refractivity contribution in [2.75, 3.05) is 12.4 Å². The van der Waals surface area contributed by atoms with Crippen LogP contribution in [0.3, 0.4) is 0 Å². The van der Waals surface area contributed by atoms with Gasteiger partial charge in [0.2, 0.25) is 11.8 Å². The Morgan fingerprint density at radius 3 is 2.97 bits per heavy atom. The zero-order valence-corrected chi connectivity index (χ0v) is 18.8. The van der Waals surface area contributed by atoms with Crippen LogP contribution in [-0.2, 0) is 23.9 Å². The van der Waals surface area contributed by atoms with Crippen molar-refractivity contribution >= 4 is 23.3 Å². The summed E-state index contributed by atoms with van der Waals surface area (Å²) in [7, 11) is 3.36. The molecule has 1 aliphatic carbocycles. The van der Waals surface area contributed by atoms with E-state index in [1.165, 1.54) is 0 Å². The minimum atomic E-state index is -0.594. The number of fused-ring (bicyclic) bond motifs is 2. The van der Waals surface area contributed by atoms with Gasteiger partial charge in [0.25, 0.3) is 0 Å². The lowest BCUT2D eigenvalue weighted by atomic mass is 9.64. The molecule has 3 atom stereocenters. The normalized spacial score (nSPS) is 24.3. The van der Waals surface area contributed by atoms with Gasteiger partial charge in [0.1, 0.15) is 18.5 Å². The van der Waals surface area contributed by atoms with Gasteiger partial charge in [-0.3, -0.25) is 4.68 Å². The number of hydrogen-bond acceptors (Lipinski definition) is 7. The largest absolute Gasteiger partial charge is 0.420 e. The van der Waals surface area contributed by atoms with Crippen LogP contribution in [-0.4, -0.2) is 49.0 Å². The number of amides is 2. The van der Waals surface area contributed by atoms with Gasteiger partial charge in [0.05, 0.1) is 5.02 Å². The van der Waals surface area contributed by atoms with E-state index in [0.29, 0.717) is 39.8 Å². The number of nitrogens with zero attached hydrogens (tertiary/aromatic N) is 6. The summed E-state index contributed by atoms with van der Waals surface area (Å²) >= 11 is 6.35. The summed E-state index contributed by atoms with van der Waals surface area (Å²) in [5, 5.41) is 16.2. The molecule has 5 rings (SSSR count). The highest BCUT2D eigenvalue weighted by Crippen LogP contribution is 2.55. The number of nitrogens with one attached hydrogen (secondary N) is 1. The molecule has 1 saturated carbocycles. The third kappa shape index (κ3) is 3.43. The van der Waals surface area contributed by atoms with E-state index >= 15 is 0 Å². The molecule has 1 N–H and O–H groups in total. The van der Waals surface area contributed by atoms with Crippen LogP contribution in [0.15, 0.2) is 28.9 Å². The van der Waals surface area contributed by atoms with Crippen LogP contribution in [0.2, 0.25) is 5.02 Å². The number of methoxy groups -OCH3 is 1. The van der Waals surface area contributed by atoms with Crippen molar-refractivity contribution in [3.63, 3.8) is 0 Å². The highest BCUT2D eigenvalue weighted by molar-refractivity contribution is 6.33. The predicted molar refractivity (Wildman–Crippen MR) is 116 cm³/mol. The fourth-order valence-corrected chi connectivity index (χ4v) is 5.20. The Hall–Kier alpha value is -2.98. The molecular weight excluding hydrogens is 434 g/mol. The Bertz CT molecular complexity index is 1160. The van der Waals surface area contributed by atoms with E-state index in [4.69, 9.17) is 20.8 Å². The molecule has 2 aromatic heterocycles. The smallest absolute Gasteiger partial charge is 0.323 e. The highest BCUT2D eigenvalue weighted by atomic mass is 35.5. The van der Waals surface area contributed by atoms with Crippen LogP contribution in [0, 0.1) is 5.92 Å². The first kappa shape index (κ1) is 20.9. The molecule has 32 heavy (non-hydrogen) atoms. The lowest BCUT2D eigenvalue weighted by Crippen LogP contribution is -2.70. The number of carbonyl (C=O) groups is 1. The van der Waals surface area contributed by atoms with Crippen LogP contribution >= 0.6 is 11.6 Å². The first-order chi connectivity index (χ1) is 15.4. The first-order valence-corrected chi connectivity index (χ1v) is 10.8. The second kappa shape index (κ2) is 7.86. The van der Waals surface area contributed by atoms with E-state index in [-0.39, 0.29) is 18.7 Å². The van der Waals surface area contributed by atoms with Gasteiger partial charge in [0.15, 0.2) is 5.82 Å². The summed E-state index contributed by atoms with van der Waals surface area (Å²) in [5.74, 6) is 1.82.